The Hall–Kier alpha value is -4.05. The molecule has 10 nitrogen and oxygen atoms in total. The molecule has 0 aliphatic carbocycles. The summed E-state index contributed by atoms with van der Waals surface area (Å²) in [5.74, 6) is 2.16. The zero-order valence-electron chi connectivity index (χ0n) is 20.2. The van der Waals surface area contributed by atoms with E-state index in [1.165, 1.54) is 7.11 Å². The Morgan fingerprint density at radius 3 is 2.40 bits per heavy atom. The number of rotatable bonds is 9. The van der Waals surface area contributed by atoms with Crippen molar-refractivity contribution in [1.29, 1.82) is 0 Å². The van der Waals surface area contributed by atoms with Crippen LogP contribution in [0.1, 0.15) is 30.8 Å². The fourth-order valence-electron chi connectivity index (χ4n) is 4.12. The van der Waals surface area contributed by atoms with E-state index in [1.54, 1.807) is 31.0 Å². The van der Waals surface area contributed by atoms with Gasteiger partial charge < -0.3 is 30.0 Å². The molecule has 0 unspecified atom stereocenters. The van der Waals surface area contributed by atoms with E-state index in [0.29, 0.717) is 64.4 Å². The molecule has 1 aliphatic rings. The monoisotopic (exact) mass is 479 g/mol. The van der Waals surface area contributed by atoms with Crippen molar-refractivity contribution in [2.45, 2.75) is 25.8 Å². The first-order chi connectivity index (χ1) is 17.0. The van der Waals surface area contributed by atoms with Crippen LogP contribution in [0.25, 0.3) is 0 Å². The lowest BCUT2D eigenvalue weighted by molar-refractivity contribution is -0.113. The van der Waals surface area contributed by atoms with Crippen LogP contribution in [-0.4, -0.2) is 53.7 Å². The van der Waals surface area contributed by atoms with E-state index in [1.807, 2.05) is 37.3 Å². The number of amides is 1. The summed E-state index contributed by atoms with van der Waals surface area (Å²) in [5, 5.41) is 20.1. The molecule has 0 radical (unpaired) electrons. The third kappa shape index (κ3) is 4.78. The van der Waals surface area contributed by atoms with E-state index in [4.69, 9.17) is 14.2 Å². The number of carbonyl (C=O) groups excluding carboxylic acids is 1. The maximum absolute atomic E-state index is 13.6. The molecule has 184 valence electrons. The number of aliphatic hydroxyl groups excluding tert-OH is 1. The van der Waals surface area contributed by atoms with E-state index in [2.05, 4.69) is 20.7 Å². The molecule has 0 saturated heterocycles. The number of benzene rings is 2. The van der Waals surface area contributed by atoms with Gasteiger partial charge >= 0.3 is 0 Å². The molecular weight excluding hydrogens is 450 g/mol. The summed E-state index contributed by atoms with van der Waals surface area (Å²) in [6, 6.07) is 12.2. The van der Waals surface area contributed by atoms with Gasteiger partial charge in [0.1, 0.15) is 6.04 Å². The predicted molar refractivity (Wildman–Crippen MR) is 131 cm³/mol. The number of fused-ring (bicyclic) bond motifs is 1. The smallest absolute Gasteiger partial charge is 0.255 e. The van der Waals surface area contributed by atoms with Crippen molar-refractivity contribution in [3.63, 3.8) is 0 Å². The average molecular weight is 480 g/mol. The fourth-order valence-corrected chi connectivity index (χ4v) is 4.12. The fraction of sp³-hybridized carbons (Fsp3) is 0.320. The van der Waals surface area contributed by atoms with Gasteiger partial charge in [0.05, 0.1) is 26.9 Å². The van der Waals surface area contributed by atoms with Crippen molar-refractivity contribution in [1.82, 2.24) is 14.8 Å². The zero-order chi connectivity index (χ0) is 24.9. The second kappa shape index (κ2) is 10.5. The first-order valence-electron chi connectivity index (χ1n) is 11.2. The lowest BCUT2D eigenvalue weighted by Crippen LogP contribution is -2.31. The number of nitrogens with zero attached hydrogens (tertiary/aromatic N) is 3. The molecule has 0 saturated carbocycles. The topological polar surface area (TPSA) is 120 Å². The van der Waals surface area contributed by atoms with Crippen molar-refractivity contribution in [2.75, 3.05) is 38.6 Å². The van der Waals surface area contributed by atoms with Crippen LogP contribution < -0.4 is 24.8 Å². The van der Waals surface area contributed by atoms with E-state index in [-0.39, 0.29) is 12.5 Å². The van der Waals surface area contributed by atoms with Crippen LogP contribution in [0.4, 0.5) is 11.6 Å². The van der Waals surface area contributed by atoms with Crippen LogP contribution in [0.15, 0.2) is 53.7 Å². The highest BCUT2D eigenvalue weighted by atomic mass is 16.5. The van der Waals surface area contributed by atoms with Crippen LogP contribution in [0, 0.1) is 0 Å². The SMILES string of the molecule is COc1cc([C@H]2C(C(=O)Nc3ccccc3)=C(C)Nc3nc(CCCO)nn32)cc(OC)c1OC. The molecular formula is C25H29N5O5. The third-order valence-electron chi connectivity index (χ3n) is 5.73. The number of aryl methyl sites for hydroxylation is 1. The van der Waals surface area contributed by atoms with E-state index >= 15 is 0 Å². The number of aromatic nitrogens is 3. The molecule has 0 bridgehead atoms. The van der Waals surface area contributed by atoms with Gasteiger partial charge in [-0.05, 0) is 43.2 Å². The van der Waals surface area contributed by atoms with Gasteiger partial charge in [-0.15, -0.1) is 0 Å². The Kier molecular flexibility index (Phi) is 7.21. The summed E-state index contributed by atoms with van der Waals surface area (Å²) in [7, 11) is 4.62. The second-order valence-electron chi connectivity index (χ2n) is 7.97. The largest absolute Gasteiger partial charge is 0.493 e. The first kappa shape index (κ1) is 24.1. The summed E-state index contributed by atoms with van der Waals surface area (Å²) >= 11 is 0. The first-order valence-corrected chi connectivity index (χ1v) is 11.2. The summed E-state index contributed by atoms with van der Waals surface area (Å²) in [6.07, 6.45) is 1.04. The van der Waals surface area contributed by atoms with Gasteiger partial charge in [-0.3, -0.25) is 4.79 Å². The van der Waals surface area contributed by atoms with Gasteiger partial charge in [0.15, 0.2) is 17.3 Å². The Balaban J connectivity index is 1.85. The standard InChI is InChI=1S/C25H29N5O5/c1-15-21(24(32)27-17-9-6-5-7-10-17)22(30-25(26-15)28-20(29-30)11-8-12-31)16-13-18(33-2)23(35-4)19(14-16)34-3/h5-7,9-10,13-14,22,31H,8,11-12H2,1-4H3,(H,27,32)(H,26,28,29)/t22-/m0/s1. The van der Waals surface area contributed by atoms with Gasteiger partial charge in [0, 0.05) is 24.4 Å². The highest BCUT2D eigenvalue weighted by Crippen LogP contribution is 2.44. The van der Waals surface area contributed by atoms with Crippen LogP contribution in [0.3, 0.4) is 0 Å². The number of methoxy groups -OCH3 is 3. The minimum atomic E-state index is -0.626. The molecule has 1 aliphatic heterocycles. The van der Waals surface area contributed by atoms with Crippen molar-refractivity contribution in [3.8, 4) is 17.2 Å². The second-order valence-corrected chi connectivity index (χ2v) is 7.97. The maximum Gasteiger partial charge on any atom is 0.255 e. The number of hydrogen-bond acceptors (Lipinski definition) is 8. The zero-order valence-corrected chi connectivity index (χ0v) is 20.2. The van der Waals surface area contributed by atoms with Crippen molar-refractivity contribution in [3.05, 3.63) is 65.1 Å². The lowest BCUT2D eigenvalue weighted by Gasteiger charge is -2.29. The van der Waals surface area contributed by atoms with Gasteiger partial charge in [0.2, 0.25) is 11.7 Å². The van der Waals surface area contributed by atoms with Crippen molar-refractivity contribution in [2.24, 2.45) is 0 Å². The predicted octanol–water partition coefficient (Wildman–Crippen LogP) is 3.16. The molecule has 4 rings (SSSR count). The Bertz CT molecular complexity index is 1210. The molecule has 10 heteroatoms. The number of carbonyl (C=O) groups is 1. The molecule has 3 aromatic rings. The quantitative estimate of drug-likeness (QED) is 0.428. The normalized spacial score (nSPS) is 14.7. The summed E-state index contributed by atoms with van der Waals surface area (Å²) in [5.41, 5.74) is 2.49. The minimum absolute atomic E-state index is 0.0373. The molecule has 2 heterocycles. The molecule has 1 atom stereocenters. The highest BCUT2D eigenvalue weighted by Gasteiger charge is 2.35. The van der Waals surface area contributed by atoms with Gasteiger partial charge in [0.25, 0.3) is 5.91 Å². The molecule has 35 heavy (non-hydrogen) atoms. The number of hydrogen-bond donors (Lipinski definition) is 3. The third-order valence-corrected chi connectivity index (χ3v) is 5.73. The molecule has 1 amide bonds. The van der Waals surface area contributed by atoms with Crippen molar-refractivity contribution >= 4 is 17.5 Å². The summed E-state index contributed by atoms with van der Waals surface area (Å²) in [6.45, 7) is 1.87. The lowest BCUT2D eigenvalue weighted by atomic mass is 9.94. The molecule has 1 aromatic heterocycles. The van der Waals surface area contributed by atoms with Gasteiger partial charge in [-0.2, -0.15) is 10.1 Å². The van der Waals surface area contributed by atoms with Crippen LogP contribution in [-0.2, 0) is 11.2 Å². The van der Waals surface area contributed by atoms with Crippen LogP contribution >= 0.6 is 0 Å². The average Bonchev–Trinajstić information content (AvgIpc) is 3.28. The number of allylic oxidation sites excluding steroid dienone is 1. The Morgan fingerprint density at radius 2 is 1.80 bits per heavy atom. The molecule has 0 fully saturated rings. The number of para-hydroxylation sites is 1. The summed E-state index contributed by atoms with van der Waals surface area (Å²) in [4.78, 5) is 18.2. The van der Waals surface area contributed by atoms with Crippen LogP contribution in [0.2, 0.25) is 0 Å². The molecule has 3 N–H and O–H groups in total. The van der Waals surface area contributed by atoms with Gasteiger partial charge in [-0.1, -0.05) is 18.2 Å². The van der Waals surface area contributed by atoms with E-state index in [9.17, 15) is 9.90 Å². The molecule has 2 aromatic carbocycles. The Morgan fingerprint density at radius 1 is 1.11 bits per heavy atom. The van der Waals surface area contributed by atoms with E-state index < -0.39 is 6.04 Å². The minimum Gasteiger partial charge on any atom is -0.493 e. The van der Waals surface area contributed by atoms with Crippen molar-refractivity contribution < 1.29 is 24.1 Å². The number of ether oxygens (including phenoxy) is 3. The maximum atomic E-state index is 13.6. The number of anilines is 2. The Labute approximate surface area is 203 Å². The summed E-state index contributed by atoms with van der Waals surface area (Å²) < 4.78 is 18.3. The van der Waals surface area contributed by atoms with Gasteiger partial charge in [-0.25, -0.2) is 4.68 Å². The number of aliphatic hydroxyl groups is 1. The molecule has 0 spiro atoms. The van der Waals surface area contributed by atoms with Crippen LogP contribution in [0.5, 0.6) is 17.2 Å². The highest BCUT2D eigenvalue weighted by molar-refractivity contribution is 6.06. The number of nitrogens with one attached hydrogen (secondary N) is 2. The van der Waals surface area contributed by atoms with E-state index in [0.717, 1.165) is 0 Å².